The molecule has 0 aliphatic carbocycles. The van der Waals surface area contributed by atoms with Crippen LogP contribution in [0.2, 0.25) is 0 Å². The number of carboxylic acid groups (broad SMARTS) is 1. The second-order valence-corrected chi connectivity index (χ2v) is 8.42. The van der Waals surface area contributed by atoms with Crippen molar-refractivity contribution >= 4 is 27.9 Å². The van der Waals surface area contributed by atoms with Crippen LogP contribution in [-0.2, 0) is 4.79 Å². The van der Waals surface area contributed by atoms with Gasteiger partial charge in [-0.05, 0) is 62.6 Å². The second-order valence-electron chi connectivity index (χ2n) is 8.42. The highest BCUT2D eigenvalue weighted by molar-refractivity contribution is 5.88. The monoisotopic (exact) mass is 430 g/mol. The fourth-order valence-corrected chi connectivity index (χ4v) is 4.82. The zero-order chi connectivity index (χ0) is 23.2. The van der Waals surface area contributed by atoms with Gasteiger partial charge in [-0.15, -0.1) is 0 Å². The Bertz CT molecular complexity index is 1450. The molecule has 2 aromatic carbocycles. The van der Waals surface area contributed by atoms with Gasteiger partial charge in [0.2, 0.25) is 0 Å². The third-order valence-electron chi connectivity index (χ3n) is 6.27. The smallest absolute Gasteiger partial charge is 0.329 e. The van der Waals surface area contributed by atoms with E-state index in [1.54, 1.807) is 27.3 Å². The number of aliphatic carboxylic acids is 1. The molecule has 2 heterocycles. The Morgan fingerprint density at radius 2 is 1.94 bits per heavy atom. The summed E-state index contributed by atoms with van der Waals surface area (Å²) < 4.78 is 3.26. The summed E-state index contributed by atoms with van der Waals surface area (Å²) in [5, 5.41) is 19.9. The first-order valence-corrected chi connectivity index (χ1v) is 10.7. The number of rotatable bonds is 6. The second kappa shape index (κ2) is 8.04. The summed E-state index contributed by atoms with van der Waals surface area (Å²) in [7, 11) is 0. The lowest BCUT2D eigenvalue weighted by molar-refractivity contribution is -0.137. The van der Waals surface area contributed by atoms with Crippen molar-refractivity contribution in [2.24, 2.45) is 0 Å². The van der Waals surface area contributed by atoms with Crippen LogP contribution in [0.15, 0.2) is 41.3 Å². The van der Waals surface area contributed by atoms with Crippen molar-refractivity contribution in [3.8, 4) is 6.07 Å². The summed E-state index contributed by atoms with van der Waals surface area (Å²) >= 11 is 0. The Hall–Kier alpha value is -3.79. The number of benzene rings is 2. The first-order valence-electron chi connectivity index (χ1n) is 10.7. The molecule has 0 aliphatic rings. The Morgan fingerprint density at radius 1 is 1.19 bits per heavy atom. The number of nitrogens with zero attached hydrogens (tertiary/aromatic N) is 3. The molecule has 0 fully saturated rings. The number of aromatic amines is 1. The van der Waals surface area contributed by atoms with E-state index in [0.29, 0.717) is 23.0 Å². The first-order chi connectivity index (χ1) is 15.3. The van der Waals surface area contributed by atoms with Crippen LogP contribution in [0.25, 0.3) is 21.9 Å². The van der Waals surface area contributed by atoms with Gasteiger partial charge in [0.05, 0.1) is 35.1 Å². The van der Waals surface area contributed by atoms with Gasteiger partial charge in [0.25, 0.3) is 0 Å². The lowest BCUT2D eigenvalue weighted by Crippen LogP contribution is -2.30. The number of hydrogen-bond donors (Lipinski definition) is 2. The average Bonchev–Trinajstić information content (AvgIpc) is 3.29. The number of imidazole rings is 1. The summed E-state index contributed by atoms with van der Waals surface area (Å²) in [6.45, 7) is 7.95. The van der Waals surface area contributed by atoms with E-state index in [9.17, 15) is 20.0 Å². The maximum Gasteiger partial charge on any atom is 0.329 e. The predicted octanol–water partition coefficient (Wildman–Crippen LogP) is 4.81. The first kappa shape index (κ1) is 21.4. The van der Waals surface area contributed by atoms with E-state index < -0.39 is 12.0 Å². The summed E-state index contributed by atoms with van der Waals surface area (Å²) in [6.07, 6.45) is 2.27. The van der Waals surface area contributed by atoms with E-state index in [4.69, 9.17) is 0 Å². The number of H-pyrrole nitrogens is 1. The maximum absolute atomic E-state index is 13.7. The van der Waals surface area contributed by atoms with E-state index in [1.807, 2.05) is 20.0 Å². The zero-order valence-electron chi connectivity index (χ0n) is 18.6. The zero-order valence-corrected chi connectivity index (χ0v) is 18.6. The van der Waals surface area contributed by atoms with Gasteiger partial charge >= 0.3 is 11.7 Å². The minimum atomic E-state index is -0.961. The molecule has 164 valence electrons. The number of aryl methyl sites for hydroxylation is 2. The van der Waals surface area contributed by atoms with Crippen LogP contribution in [0.3, 0.4) is 0 Å². The number of hydrogen-bond acceptors (Lipinski definition) is 3. The van der Waals surface area contributed by atoms with Crippen molar-refractivity contribution in [2.75, 3.05) is 0 Å². The largest absolute Gasteiger partial charge is 0.481 e. The molecule has 1 unspecified atom stereocenters. The van der Waals surface area contributed by atoms with Gasteiger partial charge in [-0.25, -0.2) is 4.79 Å². The van der Waals surface area contributed by atoms with E-state index in [2.05, 4.69) is 37.0 Å². The normalized spacial score (nSPS) is 13.3. The van der Waals surface area contributed by atoms with Crippen LogP contribution in [0.4, 0.5) is 0 Å². The molecule has 0 spiro atoms. The van der Waals surface area contributed by atoms with Crippen LogP contribution in [-0.4, -0.2) is 25.2 Å². The number of fused-ring (bicyclic) bond motifs is 2. The molecule has 0 saturated heterocycles. The number of nitriles is 1. The summed E-state index contributed by atoms with van der Waals surface area (Å²) in [5.41, 5.74) is 5.73. The quantitative estimate of drug-likeness (QED) is 0.458. The van der Waals surface area contributed by atoms with Crippen LogP contribution >= 0.6 is 0 Å². The third kappa shape index (κ3) is 3.38. The number of nitrogens with one attached hydrogen (secondary N) is 1. The molecule has 0 saturated carbocycles. The Balaban J connectivity index is 1.99. The molecule has 0 amide bonds. The minimum Gasteiger partial charge on any atom is -0.481 e. The molecule has 7 heteroatoms. The number of aromatic nitrogens is 3. The fraction of sp³-hybridized carbons (Fsp3) is 0.320. The maximum atomic E-state index is 13.7. The molecular formula is C25H26N4O3. The van der Waals surface area contributed by atoms with Crippen LogP contribution < -0.4 is 5.69 Å². The topological polar surface area (TPSA) is 104 Å². The summed E-state index contributed by atoms with van der Waals surface area (Å²) in [6, 6.07) is 10.7. The van der Waals surface area contributed by atoms with Crippen LogP contribution in [0.1, 0.15) is 61.0 Å². The molecule has 7 nitrogen and oxygen atoms in total. The van der Waals surface area contributed by atoms with Crippen molar-refractivity contribution in [3.05, 3.63) is 69.3 Å². The highest BCUT2D eigenvalue weighted by atomic mass is 16.4. The SMILES string of the molecule is CCC(CC(=O)O)n1c(=O)n([C@@H](C)c2c[nH]c3cc(C)cc(C)c23)c2ccc(C#N)cc21. The molecule has 2 N–H and O–H groups in total. The van der Waals surface area contributed by atoms with E-state index in [-0.39, 0.29) is 18.2 Å². The van der Waals surface area contributed by atoms with Gasteiger partial charge in [0.1, 0.15) is 0 Å². The standard InChI is InChI=1S/C25H26N4O3/c1-5-18(11-23(30)31)29-22-10-17(12-26)6-7-21(22)28(25(29)32)16(4)19-13-27-20-9-14(2)8-15(3)24(19)20/h6-10,13,16,18,27H,5,11H2,1-4H3,(H,30,31)/t16-,18?/m0/s1. The average molecular weight is 431 g/mol. The fourth-order valence-electron chi connectivity index (χ4n) is 4.82. The molecule has 0 aliphatic heterocycles. The highest BCUT2D eigenvalue weighted by Crippen LogP contribution is 2.32. The van der Waals surface area contributed by atoms with Gasteiger partial charge in [-0.1, -0.05) is 13.0 Å². The molecule has 2 aromatic heterocycles. The lowest BCUT2D eigenvalue weighted by Gasteiger charge is -2.16. The van der Waals surface area contributed by atoms with Gasteiger partial charge in [-0.3, -0.25) is 13.9 Å². The summed E-state index contributed by atoms with van der Waals surface area (Å²) in [5.74, 6) is -0.961. The third-order valence-corrected chi connectivity index (χ3v) is 6.27. The van der Waals surface area contributed by atoms with Crippen molar-refractivity contribution < 1.29 is 9.90 Å². The highest BCUT2D eigenvalue weighted by Gasteiger charge is 2.26. The molecule has 4 rings (SSSR count). The molecule has 2 atom stereocenters. The summed E-state index contributed by atoms with van der Waals surface area (Å²) in [4.78, 5) is 28.5. The number of carbonyl (C=O) groups is 1. The lowest BCUT2D eigenvalue weighted by atomic mass is 10.0. The van der Waals surface area contributed by atoms with Crippen LogP contribution in [0, 0.1) is 25.2 Å². The number of carboxylic acids is 1. The van der Waals surface area contributed by atoms with Crippen molar-refractivity contribution in [3.63, 3.8) is 0 Å². The predicted molar refractivity (Wildman–Crippen MR) is 124 cm³/mol. The Kier molecular flexibility index (Phi) is 5.39. The minimum absolute atomic E-state index is 0.161. The van der Waals surface area contributed by atoms with Crippen molar-refractivity contribution in [1.29, 1.82) is 5.26 Å². The molecule has 0 bridgehead atoms. The van der Waals surface area contributed by atoms with E-state index in [0.717, 1.165) is 27.6 Å². The molecule has 4 aromatic rings. The Morgan fingerprint density at radius 3 is 2.59 bits per heavy atom. The van der Waals surface area contributed by atoms with Gasteiger partial charge in [0.15, 0.2) is 0 Å². The van der Waals surface area contributed by atoms with Gasteiger partial charge < -0.3 is 10.1 Å². The van der Waals surface area contributed by atoms with Crippen molar-refractivity contribution in [2.45, 2.75) is 52.6 Å². The molecule has 32 heavy (non-hydrogen) atoms. The van der Waals surface area contributed by atoms with Gasteiger partial charge in [-0.2, -0.15) is 5.26 Å². The van der Waals surface area contributed by atoms with E-state index >= 15 is 0 Å². The van der Waals surface area contributed by atoms with Crippen molar-refractivity contribution in [1.82, 2.24) is 14.1 Å². The molecule has 0 radical (unpaired) electrons. The molecular weight excluding hydrogens is 404 g/mol. The van der Waals surface area contributed by atoms with E-state index in [1.165, 1.54) is 0 Å². The van der Waals surface area contributed by atoms with Crippen LogP contribution in [0.5, 0.6) is 0 Å². The Labute approximate surface area is 185 Å². The van der Waals surface area contributed by atoms with Gasteiger partial charge in [0, 0.05) is 28.7 Å².